The summed E-state index contributed by atoms with van der Waals surface area (Å²) in [6.45, 7) is 6.17. The van der Waals surface area contributed by atoms with Crippen molar-refractivity contribution in [3.05, 3.63) is 0 Å². The molecule has 1 saturated heterocycles. The van der Waals surface area contributed by atoms with Crippen molar-refractivity contribution in [1.29, 1.82) is 0 Å². The number of hydrogen-bond donors (Lipinski definition) is 1. The van der Waals surface area contributed by atoms with Crippen LogP contribution in [0, 0.1) is 0 Å². The molecule has 0 saturated carbocycles. The van der Waals surface area contributed by atoms with E-state index in [1.807, 2.05) is 6.92 Å². The quantitative estimate of drug-likeness (QED) is 0.719. The molecule has 0 spiro atoms. The fourth-order valence-corrected chi connectivity index (χ4v) is 2.06. The molecule has 0 radical (unpaired) electrons. The highest BCUT2D eigenvalue weighted by atomic mass is 16.6. The highest BCUT2D eigenvalue weighted by Gasteiger charge is 2.30. The third-order valence-electron chi connectivity index (χ3n) is 3.74. The minimum atomic E-state index is -0.668. The van der Waals surface area contributed by atoms with E-state index >= 15 is 0 Å². The van der Waals surface area contributed by atoms with E-state index in [4.69, 9.17) is 15.2 Å². The number of ether oxygens (including phenoxy) is 2. The van der Waals surface area contributed by atoms with Gasteiger partial charge in [0.2, 0.25) is 5.91 Å². The zero-order valence-electron chi connectivity index (χ0n) is 13.2. The van der Waals surface area contributed by atoms with Crippen molar-refractivity contribution >= 4 is 12.0 Å². The Morgan fingerprint density at radius 1 is 1.19 bits per heavy atom. The molecule has 0 aromatic rings. The molecule has 7 heteroatoms. The van der Waals surface area contributed by atoms with E-state index in [9.17, 15) is 9.59 Å². The summed E-state index contributed by atoms with van der Waals surface area (Å²) in [4.78, 5) is 27.3. The number of piperazine rings is 1. The molecule has 0 unspecified atom stereocenters. The number of nitrogens with two attached hydrogens (primary N) is 1. The van der Waals surface area contributed by atoms with Crippen LogP contribution in [0.3, 0.4) is 0 Å². The summed E-state index contributed by atoms with van der Waals surface area (Å²) in [5, 5.41) is 0. The van der Waals surface area contributed by atoms with Crippen LogP contribution < -0.4 is 5.73 Å². The summed E-state index contributed by atoms with van der Waals surface area (Å²) < 4.78 is 10.2. The van der Waals surface area contributed by atoms with Crippen LogP contribution in [0.4, 0.5) is 4.79 Å². The van der Waals surface area contributed by atoms with Crippen LogP contribution in [0.2, 0.25) is 0 Å². The van der Waals surface area contributed by atoms with Crippen molar-refractivity contribution in [3.63, 3.8) is 0 Å². The fourth-order valence-electron chi connectivity index (χ4n) is 2.06. The molecule has 0 aromatic carbocycles. The third kappa shape index (κ3) is 5.17. The monoisotopic (exact) mass is 301 g/mol. The predicted molar refractivity (Wildman–Crippen MR) is 78.9 cm³/mol. The van der Waals surface area contributed by atoms with Gasteiger partial charge in [0.25, 0.3) is 0 Å². The van der Waals surface area contributed by atoms with Gasteiger partial charge in [-0.15, -0.1) is 0 Å². The number of methoxy groups -OCH3 is 1. The molecule has 7 nitrogen and oxygen atoms in total. The standard InChI is InChI=1S/C14H27N3O4/c1-4-5-10-21-14(19)17-8-6-16(7-9-17)13(18)12(15)11(2)20-3/h11-12H,4-10,15H2,1-3H3/t11-,12+/m1/s1. The summed E-state index contributed by atoms with van der Waals surface area (Å²) in [5.41, 5.74) is 5.86. The van der Waals surface area contributed by atoms with Gasteiger partial charge in [0.1, 0.15) is 6.04 Å². The summed E-state index contributed by atoms with van der Waals surface area (Å²) in [6, 6.07) is -0.668. The zero-order valence-corrected chi connectivity index (χ0v) is 13.2. The number of carbonyl (C=O) groups excluding carboxylic acids is 2. The SMILES string of the molecule is CCCCOC(=O)N1CCN(C(=O)[C@@H](N)[C@@H](C)OC)CC1. The number of carbonyl (C=O) groups is 2. The smallest absolute Gasteiger partial charge is 0.409 e. The van der Waals surface area contributed by atoms with Gasteiger partial charge in [-0.3, -0.25) is 4.79 Å². The Labute approximate surface area is 126 Å². The van der Waals surface area contributed by atoms with Crippen LogP contribution in [0.1, 0.15) is 26.7 Å². The summed E-state index contributed by atoms with van der Waals surface area (Å²) >= 11 is 0. The van der Waals surface area contributed by atoms with Crippen molar-refractivity contribution in [2.75, 3.05) is 39.9 Å². The molecular formula is C14H27N3O4. The molecule has 0 aromatic heterocycles. The van der Waals surface area contributed by atoms with Crippen molar-refractivity contribution in [2.24, 2.45) is 5.73 Å². The molecule has 0 aliphatic carbocycles. The van der Waals surface area contributed by atoms with Crippen molar-refractivity contribution < 1.29 is 19.1 Å². The molecule has 1 aliphatic rings. The fraction of sp³-hybridized carbons (Fsp3) is 0.857. The van der Waals surface area contributed by atoms with Crippen molar-refractivity contribution in [1.82, 2.24) is 9.80 Å². The summed E-state index contributed by atoms with van der Waals surface area (Å²) in [7, 11) is 1.53. The van der Waals surface area contributed by atoms with Gasteiger partial charge in [-0.2, -0.15) is 0 Å². The van der Waals surface area contributed by atoms with Gasteiger partial charge in [-0.25, -0.2) is 4.79 Å². The first kappa shape index (κ1) is 17.7. The second-order valence-electron chi connectivity index (χ2n) is 5.25. The number of nitrogens with zero attached hydrogens (tertiary/aromatic N) is 2. The minimum Gasteiger partial charge on any atom is -0.449 e. The van der Waals surface area contributed by atoms with E-state index in [0.29, 0.717) is 32.8 Å². The maximum atomic E-state index is 12.2. The molecule has 1 fully saturated rings. The lowest BCUT2D eigenvalue weighted by Gasteiger charge is -2.36. The van der Waals surface area contributed by atoms with E-state index in [1.54, 1.807) is 16.7 Å². The Hall–Kier alpha value is -1.34. The molecule has 1 aliphatic heterocycles. The Balaban J connectivity index is 2.37. The Kier molecular flexibility index (Phi) is 7.45. The predicted octanol–water partition coefficient (Wildman–Crippen LogP) is 0.430. The Morgan fingerprint density at radius 3 is 2.29 bits per heavy atom. The number of hydrogen-bond acceptors (Lipinski definition) is 5. The van der Waals surface area contributed by atoms with Crippen LogP contribution in [0.15, 0.2) is 0 Å². The molecule has 1 heterocycles. The first-order valence-corrected chi connectivity index (χ1v) is 7.50. The minimum absolute atomic E-state index is 0.136. The van der Waals surface area contributed by atoms with Crippen LogP contribution in [-0.4, -0.2) is 73.8 Å². The normalized spacial score (nSPS) is 18.3. The van der Waals surface area contributed by atoms with Crippen LogP contribution in [-0.2, 0) is 14.3 Å². The van der Waals surface area contributed by atoms with E-state index in [1.165, 1.54) is 7.11 Å². The average Bonchev–Trinajstić information content (AvgIpc) is 2.52. The molecule has 21 heavy (non-hydrogen) atoms. The van der Waals surface area contributed by atoms with Gasteiger partial charge in [-0.05, 0) is 13.3 Å². The van der Waals surface area contributed by atoms with Crippen molar-refractivity contribution in [2.45, 2.75) is 38.8 Å². The number of rotatable bonds is 6. The maximum absolute atomic E-state index is 12.2. The molecule has 1 rings (SSSR count). The Bertz CT molecular complexity index is 343. The highest BCUT2D eigenvalue weighted by molar-refractivity contribution is 5.82. The van der Waals surface area contributed by atoms with Crippen LogP contribution >= 0.6 is 0 Å². The summed E-state index contributed by atoms with van der Waals surface area (Å²) in [6.07, 6.45) is 1.23. The van der Waals surface area contributed by atoms with Crippen molar-refractivity contribution in [3.8, 4) is 0 Å². The second-order valence-corrected chi connectivity index (χ2v) is 5.25. The summed E-state index contributed by atoms with van der Waals surface area (Å²) in [5.74, 6) is -0.136. The van der Waals surface area contributed by atoms with Gasteiger partial charge in [0, 0.05) is 33.3 Å². The van der Waals surface area contributed by atoms with Gasteiger partial charge >= 0.3 is 6.09 Å². The topological polar surface area (TPSA) is 85.1 Å². The Morgan fingerprint density at radius 2 is 1.76 bits per heavy atom. The lowest BCUT2D eigenvalue weighted by molar-refractivity contribution is -0.137. The molecule has 0 bridgehead atoms. The third-order valence-corrected chi connectivity index (χ3v) is 3.74. The molecule has 2 atom stereocenters. The molecule has 2 amide bonds. The van der Waals surface area contributed by atoms with E-state index in [2.05, 4.69) is 0 Å². The molecule has 122 valence electrons. The molecular weight excluding hydrogens is 274 g/mol. The van der Waals surface area contributed by atoms with Gasteiger partial charge in [0.05, 0.1) is 12.7 Å². The highest BCUT2D eigenvalue weighted by Crippen LogP contribution is 2.08. The number of amides is 2. The first-order chi connectivity index (χ1) is 10.0. The van der Waals surface area contributed by atoms with E-state index < -0.39 is 6.04 Å². The lowest BCUT2D eigenvalue weighted by Crippen LogP contribution is -2.56. The zero-order chi connectivity index (χ0) is 15.8. The van der Waals surface area contributed by atoms with Gasteiger partial charge in [0.15, 0.2) is 0 Å². The second kappa shape index (κ2) is 8.84. The largest absolute Gasteiger partial charge is 0.449 e. The van der Waals surface area contributed by atoms with Gasteiger partial charge < -0.3 is 25.0 Å². The first-order valence-electron chi connectivity index (χ1n) is 7.50. The van der Waals surface area contributed by atoms with Crippen LogP contribution in [0.5, 0.6) is 0 Å². The molecule has 2 N–H and O–H groups in total. The van der Waals surface area contributed by atoms with E-state index in [0.717, 1.165) is 12.8 Å². The van der Waals surface area contributed by atoms with Gasteiger partial charge in [-0.1, -0.05) is 13.3 Å². The van der Waals surface area contributed by atoms with E-state index in [-0.39, 0.29) is 18.1 Å². The number of unbranched alkanes of at least 4 members (excludes halogenated alkanes) is 1. The lowest BCUT2D eigenvalue weighted by atomic mass is 10.1. The van der Waals surface area contributed by atoms with Crippen LogP contribution in [0.25, 0.3) is 0 Å². The average molecular weight is 301 g/mol. The maximum Gasteiger partial charge on any atom is 0.409 e.